The lowest BCUT2D eigenvalue weighted by Gasteiger charge is -2.27. The third-order valence-corrected chi connectivity index (χ3v) is 6.16. The molecule has 0 aromatic heterocycles. The van der Waals surface area contributed by atoms with Crippen molar-refractivity contribution in [2.45, 2.75) is 39.7 Å². The van der Waals surface area contributed by atoms with Crippen LogP contribution in [0.3, 0.4) is 0 Å². The first kappa shape index (κ1) is 24.0. The third-order valence-electron chi connectivity index (χ3n) is 5.82. The summed E-state index contributed by atoms with van der Waals surface area (Å²) < 4.78 is 5.11. The summed E-state index contributed by atoms with van der Waals surface area (Å²) in [4.78, 5) is 27.3. The Balaban J connectivity index is 1.94. The molecular formula is C25H30ClN3O3. The molecule has 0 aliphatic carbocycles. The van der Waals surface area contributed by atoms with Crippen molar-refractivity contribution in [3.8, 4) is 0 Å². The molecule has 0 N–H and O–H groups in total. The fraction of sp³-hybridized carbons (Fsp3) is 0.400. The van der Waals surface area contributed by atoms with Gasteiger partial charge in [0.05, 0.1) is 18.4 Å². The summed E-state index contributed by atoms with van der Waals surface area (Å²) in [6.07, 6.45) is 0.875. The van der Waals surface area contributed by atoms with Gasteiger partial charge in [-0.15, -0.1) is 0 Å². The number of hydrazone groups is 1. The van der Waals surface area contributed by atoms with Gasteiger partial charge < -0.3 is 9.64 Å². The highest BCUT2D eigenvalue weighted by atomic mass is 35.5. The molecule has 1 heterocycles. The average Bonchev–Trinajstić information content (AvgIpc) is 3.23. The molecule has 2 aromatic carbocycles. The van der Waals surface area contributed by atoms with Crippen molar-refractivity contribution in [3.63, 3.8) is 0 Å². The van der Waals surface area contributed by atoms with Crippen molar-refractivity contribution in [2.75, 3.05) is 26.8 Å². The molecule has 1 aliphatic rings. The predicted octanol–water partition coefficient (Wildman–Crippen LogP) is 4.52. The number of nitrogens with zero attached hydrogens (tertiary/aromatic N) is 3. The largest absolute Gasteiger partial charge is 0.383 e. The molecule has 0 bridgehead atoms. The van der Waals surface area contributed by atoms with Crippen molar-refractivity contribution >= 4 is 29.1 Å². The van der Waals surface area contributed by atoms with E-state index in [9.17, 15) is 9.59 Å². The lowest BCUT2D eigenvalue weighted by atomic mass is 9.96. The molecule has 6 nitrogen and oxygen atoms in total. The summed E-state index contributed by atoms with van der Waals surface area (Å²) in [5.74, 6) is -0.339. The molecule has 0 saturated carbocycles. The van der Waals surface area contributed by atoms with Crippen LogP contribution in [0.5, 0.6) is 0 Å². The molecule has 170 valence electrons. The number of hydrogen-bond acceptors (Lipinski definition) is 4. The zero-order chi connectivity index (χ0) is 23.3. The first-order valence-corrected chi connectivity index (χ1v) is 11.2. The van der Waals surface area contributed by atoms with Crippen LogP contribution in [0.15, 0.2) is 47.6 Å². The topological polar surface area (TPSA) is 62.2 Å². The van der Waals surface area contributed by atoms with Gasteiger partial charge in [0, 0.05) is 31.5 Å². The Hall–Kier alpha value is -2.70. The molecule has 2 amide bonds. The van der Waals surface area contributed by atoms with Gasteiger partial charge in [-0.25, -0.2) is 5.01 Å². The summed E-state index contributed by atoms with van der Waals surface area (Å²) in [6, 6.07) is 13.4. The third kappa shape index (κ3) is 5.37. The standard InChI is InChI=1S/C25H30ClN3O3/c1-5-24(30)28(12-13-32-4)16-25(31)29-23(20-8-6-7-9-21(20)26)15-22(27-29)19-11-10-17(2)18(3)14-19/h6-11,14,23H,5,12-13,15-16H2,1-4H3/t23-/m1/s1. The van der Waals surface area contributed by atoms with Gasteiger partial charge in [0.15, 0.2) is 0 Å². The quantitative estimate of drug-likeness (QED) is 0.588. The van der Waals surface area contributed by atoms with Crippen LogP contribution in [0.1, 0.15) is 48.1 Å². The molecule has 0 spiro atoms. The summed E-state index contributed by atoms with van der Waals surface area (Å²) in [7, 11) is 1.57. The Morgan fingerprint density at radius 3 is 2.59 bits per heavy atom. The lowest BCUT2D eigenvalue weighted by molar-refractivity contribution is -0.141. The smallest absolute Gasteiger partial charge is 0.262 e. The van der Waals surface area contributed by atoms with Gasteiger partial charge in [-0.05, 0) is 48.2 Å². The van der Waals surface area contributed by atoms with Crippen LogP contribution in [0.2, 0.25) is 5.02 Å². The highest BCUT2D eigenvalue weighted by Crippen LogP contribution is 2.36. The zero-order valence-electron chi connectivity index (χ0n) is 19.1. The molecule has 7 heteroatoms. The van der Waals surface area contributed by atoms with Crippen LogP contribution >= 0.6 is 11.6 Å². The van der Waals surface area contributed by atoms with Crippen molar-refractivity contribution < 1.29 is 14.3 Å². The van der Waals surface area contributed by atoms with E-state index in [-0.39, 0.29) is 24.4 Å². The van der Waals surface area contributed by atoms with E-state index in [1.165, 1.54) is 21.0 Å². The van der Waals surface area contributed by atoms with Gasteiger partial charge in [-0.1, -0.05) is 48.9 Å². The minimum absolute atomic E-state index is 0.0549. The normalized spacial score (nSPS) is 15.6. The van der Waals surface area contributed by atoms with Gasteiger partial charge >= 0.3 is 0 Å². The Bertz CT molecular complexity index is 1020. The van der Waals surface area contributed by atoms with E-state index >= 15 is 0 Å². The lowest BCUT2D eigenvalue weighted by Crippen LogP contribution is -2.42. The number of ether oxygens (including phenoxy) is 1. The predicted molar refractivity (Wildman–Crippen MR) is 127 cm³/mol. The molecule has 2 aromatic rings. The number of halogens is 1. The first-order chi connectivity index (χ1) is 15.3. The maximum absolute atomic E-state index is 13.4. The van der Waals surface area contributed by atoms with Crippen molar-refractivity contribution in [1.82, 2.24) is 9.91 Å². The Morgan fingerprint density at radius 1 is 1.19 bits per heavy atom. The first-order valence-electron chi connectivity index (χ1n) is 10.8. The van der Waals surface area contributed by atoms with Crippen LogP contribution in [0.4, 0.5) is 0 Å². The number of carbonyl (C=O) groups excluding carboxylic acids is 2. The highest BCUT2D eigenvalue weighted by Gasteiger charge is 2.35. The molecular weight excluding hydrogens is 426 g/mol. The van der Waals surface area contributed by atoms with Gasteiger partial charge in [0.2, 0.25) is 5.91 Å². The van der Waals surface area contributed by atoms with Crippen molar-refractivity contribution in [2.24, 2.45) is 5.10 Å². The van der Waals surface area contributed by atoms with Crippen LogP contribution in [0.25, 0.3) is 0 Å². The Labute approximate surface area is 194 Å². The van der Waals surface area contributed by atoms with Gasteiger partial charge in [-0.3, -0.25) is 9.59 Å². The number of aryl methyl sites for hydroxylation is 2. The maximum atomic E-state index is 13.4. The number of methoxy groups -OCH3 is 1. The Kier molecular flexibility index (Phi) is 8.04. The number of carbonyl (C=O) groups is 2. The number of rotatable bonds is 8. The highest BCUT2D eigenvalue weighted by molar-refractivity contribution is 6.31. The minimum atomic E-state index is -0.325. The molecule has 0 saturated heterocycles. The number of hydrogen-bond donors (Lipinski definition) is 0. The van der Waals surface area contributed by atoms with E-state index < -0.39 is 0 Å². The van der Waals surface area contributed by atoms with Crippen LogP contribution < -0.4 is 0 Å². The van der Waals surface area contributed by atoms with Gasteiger partial charge in [-0.2, -0.15) is 5.10 Å². The molecule has 1 aliphatic heterocycles. The molecule has 32 heavy (non-hydrogen) atoms. The second-order valence-corrected chi connectivity index (χ2v) is 8.39. The van der Waals surface area contributed by atoms with Crippen molar-refractivity contribution in [3.05, 3.63) is 69.7 Å². The summed E-state index contributed by atoms with van der Waals surface area (Å²) in [5, 5.41) is 6.80. The fourth-order valence-electron chi connectivity index (χ4n) is 3.78. The number of amides is 2. The van der Waals surface area contributed by atoms with Crippen molar-refractivity contribution in [1.29, 1.82) is 0 Å². The van der Waals surface area contributed by atoms with Gasteiger partial charge in [0.25, 0.3) is 5.91 Å². The summed E-state index contributed by atoms with van der Waals surface area (Å²) in [6.45, 7) is 6.58. The van der Waals surface area contributed by atoms with E-state index in [4.69, 9.17) is 21.4 Å². The second-order valence-electron chi connectivity index (χ2n) is 7.99. The maximum Gasteiger partial charge on any atom is 0.262 e. The number of benzene rings is 2. The summed E-state index contributed by atoms with van der Waals surface area (Å²) >= 11 is 6.49. The molecule has 0 fully saturated rings. The summed E-state index contributed by atoms with van der Waals surface area (Å²) in [5.41, 5.74) is 5.03. The Morgan fingerprint density at radius 2 is 1.94 bits per heavy atom. The molecule has 0 radical (unpaired) electrons. The van der Waals surface area contributed by atoms with E-state index in [2.05, 4.69) is 26.0 Å². The fourth-order valence-corrected chi connectivity index (χ4v) is 4.04. The van der Waals surface area contributed by atoms with E-state index in [0.717, 1.165) is 16.8 Å². The van der Waals surface area contributed by atoms with Gasteiger partial charge in [0.1, 0.15) is 6.54 Å². The monoisotopic (exact) mass is 455 g/mol. The average molecular weight is 456 g/mol. The zero-order valence-corrected chi connectivity index (χ0v) is 19.9. The molecule has 1 atom stereocenters. The molecule has 0 unspecified atom stereocenters. The van der Waals surface area contributed by atoms with Crippen LogP contribution in [-0.4, -0.2) is 54.2 Å². The molecule has 3 rings (SSSR count). The minimum Gasteiger partial charge on any atom is -0.383 e. The second kappa shape index (κ2) is 10.7. The SMILES string of the molecule is CCC(=O)N(CCOC)CC(=O)N1N=C(c2ccc(C)c(C)c2)C[C@@H]1c1ccccc1Cl. The van der Waals surface area contributed by atoms with E-state index in [1.807, 2.05) is 30.3 Å². The van der Waals surface area contributed by atoms with E-state index in [0.29, 0.717) is 31.0 Å². The van der Waals surface area contributed by atoms with Crippen LogP contribution in [0, 0.1) is 13.8 Å². The van der Waals surface area contributed by atoms with Crippen LogP contribution in [-0.2, 0) is 14.3 Å². The van der Waals surface area contributed by atoms with E-state index in [1.54, 1.807) is 14.0 Å².